The number of pyridine rings is 2. The van der Waals surface area contributed by atoms with Crippen molar-refractivity contribution in [3.05, 3.63) is 64.7 Å². The molecule has 0 N–H and O–H groups in total. The van der Waals surface area contributed by atoms with Crippen LogP contribution in [0.3, 0.4) is 0 Å². The second-order valence-corrected chi connectivity index (χ2v) is 7.54. The normalized spacial score (nSPS) is 11.5. The number of imidazole rings is 1. The van der Waals surface area contributed by atoms with Crippen LogP contribution in [0.2, 0.25) is 0 Å². The summed E-state index contributed by atoms with van der Waals surface area (Å²) < 4.78 is 23.1. The molecule has 0 saturated carbocycles. The van der Waals surface area contributed by atoms with E-state index in [2.05, 4.69) is 21.8 Å². The van der Waals surface area contributed by atoms with E-state index in [1.165, 1.54) is 27.5 Å². The largest absolute Gasteiger partial charge is 0.496 e. The lowest BCUT2D eigenvalue weighted by molar-refractivity contribution is 0.414. The van der Waals surface area contributed by atoms with Crippen molar-refractivity contribution >= 4 is 27.5 Å². The maximum Gasteiger partial charge on any atom is 0.334 e. The average molecular weight is 445 g/mol. The Morgan fingerprint density at radius 1 is 1.33 bits per heavy atom. The Morgan fingerprint density at radius 2 is 2.12 bits per heavy atom. The second kappa shape index (κ2) is 8.79. The van der Waals surface area contributed by atoms with E-state index >= 15 is 0 Å². The molecule has 0 fully saturated rings. The first-order valence-electron chi connectivity index (χ1n) is 10.5. The van der Waals surface area contributed by atoms with Gasteiger partial charge in [0.15, 0.2) is 11.6 Å². The molecule has 0 atom stereocenters. The van der Waals surface area contributed by atoms with Crippen LogP contribution in [0.15, 0.2) is 47.7 Å². The quantitative estimate of drug-likeness (QED) is 0.438. The Hall–Kier alpha value is -4.12. The Balaban J connectivity index is 2.16. The van der Waals surface area contributed by atoms with Crippen molar-refractivity contribution in [2.75, 3.05) is 20.7 Å². The number of hydrogen-bond donors (Lipinski definition) is 0. The third-order valence-corrected chi connectivity index (χ3v) is 5.55. The van der Waals surface area contributed by atoms with Crippen molar-refractivity contribution in [2.45, 2.75) is 13.8 Å². The van der Waals surface area contributed by atoms with E-state index in [0.29, 0.717) is 27.7 Å². The van der Waals surface area contributed by atoms with Crippen LogP contribution in [-0.2, 0) is 7.05 Å². The van der Waals surface area contributed by atoms with Crippen LogP contribution >= 0.6 is 0 Å². The maximum absolute atomic E-state index is 14.7. The van der Waals surface area contributed by atoms with Crippen LogP contribution in [0.4, 0.5) is 4.39 Å². The van der Waals surface area contributed by atoms with Crippen LogP contribution in [0.5, 0.6) is 5.75 Å². The van der Waals surface area contributed by atoms with Crippen LogP contribution in [0.25, 0.3) is 33.3 Å². The van der Waals surface area contributed by atoms with Gasteiger partial charge in [-0.2, -0.15) is 0 Å². The maximum atomic E-state index is 14.7. The number of fused-ring (bicyclic) bond motifs is 3. The van der Waals surface area contributed by atoms with Crippen LogP contribution in [-0.4, -0.2) is 44.7 Å². The summed E-state index contributed by atoms with van der Waals surface area (Å²) in [5.74, 6) is 6.05. The first-order valence-corrected chi connectivity index (χ1v) is 10.5. The minimum absolute atomic E-state index is 0.0622. The lowest BCUT2D eigenvalue weighted by atomic mass is 10.0. The topological polar surface area (TPSA) is 65.2 Å². The number of aryl methyl sites for hydroxylation is 1. The van der Waals surface area contributed by atoms with Crippen molar-refractivity contribution in [3.63, 3.8) is 0 Å². The fourth-order valence-corrected chi connectivity index (χ4v) is 3.76. The number of nitrogens with zero attached hydrogens (tertiary/aromatic N) is 5. The van der Waals surface area contributed by atoms with Crippen LogP contribution in [0, 0.1) is 17.7 Å². The van der Waals surface area contributed by atoms with Gasteiger partial charge in [0, 0.05) is 50.1 Å². The van der Waals surface area contributed by atoms with Gasteiger partial charge in [-0.25, -0.2) is 18.7 Å². The van der Waals surface area contributed by atoms with Crippen molar-refractivity contribution in [1.82, 2.24) is 24.0 Å². The Bertz CT molecular complexity index is 1520. The number of hydrogen-bond acceptors (Lipinski definition) is 5. The molecule has 7 nitrogen and oxygen atoms in total. The molecule has 8 heteroatoms. The van der Waals surface area contributed by atoms with E-state index in [0.717, 1.165) is 17.7 Å². The highest BCUT2D eigenvalue weighted by atomic mass is 19.1. The Morgan fingerprint density at radius 3 is 2.79 bits per heavy atom. The highest BCUT2D eigenvalue weighted by Crippen LogP contribution is 2.34. The molecule has 3 heterocycles. The van der Waals surface area contributed by atoms with Gasteiger partial charge in [-0.15, -0.1) is 5.92 Å². The van der Waals surface area contributed by atoms with Gasteiger partial charge in [0.25, 0.3) is 0 Å². The van der Waals surface area contributed by atoms with Gasteiger partial charge >= 0.3 is 5.69 Å². The highest BCUT2D eigenvalue weighted by Gasteiger charge is 2.21. The summed E-state index contributed by atoms with van der Waals surface area (Å²) in [5, 5.41) is 0.661. The van der Waals surface area contributed by atoms with Crippen molar-refractivity contribution in [3.8, 4) is 23.4 Å². The SMILES string of the molecule is CC#C/C(=C\N(C)CC)c1cc2c(cc1OC)ncc1c2n(-c2ncccc2F)c(=O)n1C. The molecular formula is C25H24FN5O2. The summed E-state index contributed by atoms with van der Waals surface area (Å²) in [5.41, 5.74) is 2.77. The van der Waals surface area contributed by atoms with Crippen LogP contribution in [0.1, 0.15) is 19.4 Å². The van der Waals surface area contributed by atoms with Crippen molar-refractivity contribution < 1.29 is 9.13 Å². The Labute approximate surface area is 190 Å². The first kappa shape index (κ1) is 22.1. The number of allylic oxidation sites excluding steroid dienone is 1. The highest BCUT2D eigenvalue weighted by molar-refractivity contribution is 6.05. The summed E-state index contributed by atoms with van der Waals surface area (Å²) in [6, 6.07) is 6.46. The lowest BCUT2D eigenvalue weighted by Gasteiger charge is -2.15. The van der Waals surface area contributed by atoms with Crippen molar-refractivity contribution in [2.24, 2.45) is 7.05 Å². The minimum atomic E-state index is -0.590. The van der Waals surface area contributed by atoms with E-state index in [1.54, 1.807) is 33.3 Å². The number of ether oxygens (including phenoxy) is 1. The molecule has 0 aliphatic rings. The van der Waals surface area contributed by atoms with Gasteiger partial charge in [-0.05, 0) is 32.0 Å². The Kier molecular flexibility index (Phi) is 5.88. The molecule has 0 spiro atoms. The molecule has 0 aliphatic heterocycles. The zero-order chi connectivity index (χ0) is 23.7. The molecule has 0 bridgehead atoms. The number of aromatic nitrogens is 4. The zero-order valence-electron chi connectivity index (χ0n) is 19.2. The van der Waals surface area contributed by atoms with Gasteiger partial charge in [-0.3, -0.25) is 9.55 Å². The molecule has 3 aromatic heterocycles. The fraction of sp³-hybridized carbons (Fsp3) is 0.240. The standard InChI is InChI=1S/C25H24FN5O2/c1-6-9-16(15-29(3)7-2)17-12-18-20(13-22(17)33-5)28-14-21-23(18)31(25(32)30(21)4)24-19(26)10-8-11-27-24/h8,10-15H,7H2,1-5H3/b16-15+. The molecule has 0 radical (unpaired) electrons. The van der Waals surface area contributed by atoms with E-state index in [4.69, 9.17) is 4.74 Å². The molecule has 0 saturated heterocycles. The van der Waals surface area contributed by atoms with Gasteiger partial charge in [0.2, 0.25) is 0 Å². The minimum Gasteiger partial charge on any atom is -0.496 e. The predicted molar refractivity (Wildman–Crippen MR) is 128 cm³/mol. The molecule has 0 unspecified atom stereocenters. The predicted octanol–water partition coefficient (Wildman–Crippen LogP) is 3.74. The summed E-state index contributed by atoms with van der Waals surface area (Å²) >= 11 is 0. The van der Waals surface area contributed by atoms with Gasteiger partial charge < -0.3 is 9.64 Å². The zero-order valence-corrected chi connectivity index (χ0v) is 19.2. The van der Waals surface area contributed by atoms with E-state index in [-0.39, 0.29) is 5.82 Å². The smallest absolute Gasteiger partial charge is 0.334 e. The summed E-state index contributed by atoms with van der Waals surface area (Å²) in [4.78, 5) is 23.8. The third-order valence-electron chi connectivity index (χ3n) is 5.55. The number of benzene rings is 1. The first-order chi connectivity index (χ1) is 15.9. The van der Waals surface area contributed by atoms with Gasteiger partial charge in [0.05, 0.1) is 35.4 Å². The molecule has 1 aromatic carbocycles. The average Bonchev–Trinajstić information content (AvgIpc) is 3.08. The van der Waals surface area contributed by atoms with Crippen LogP contribution < -0.4 is 10.4 Å². The molecular weight excluding hydrogens is 421 g/mol. The van der Waals surface area contributed by atoms with E-state index in [1.807, 2.05) is 31.1 Å². The van der Waals surface area contributed by atoms with Gasteiger partial charge in [-0.1, -0.05) is 5.92 Å². The second-order valence-electron chi connectivity index (χ2n) is 7.54. The lowest BCUT2D eigenvalue weighted by Crippen LogP contribution is -2.22. The molecule has 0 aliphatic carbocycles. The number of rotatable bonds is 5. The number of methoxy groups -OCH3 is 1. The molecule has 168 valence electrons. The van der Waals surface area contributed by atoms with Crippen molar-refractivity contribution in [1.29, 1.82) is 0 Å². The third kappa shape index (κ3) is 3.72. The van der Waals surface area contributed by atoms with E-state index in [9.17, 15) is 9.18 Å². The summed E-state index contributed by atoms with van der Waals surface area (Å²) in [6.45, 7) is 4.61. The fourth-order valence-electron chi connectivity index (χ4n) is 3.76. The van der Waals surface area contributed by atoms with Gasteiger partial charge in [0.1, 0.15) is 5.75 Å². The number of halogens is 1. The molecule has 0 amide bonds. The summed E-state index contributed by atoms with van der Waals surface area (Å²) in [6.07, 6.45) is 5.01. The molecule has 4 aromatic rings. The summed E-state index contributed by atoms with van der Waals surface area (Å²) in [7, 11) is 5.18. The molecule has 4 rings (SSSR count). The van der Waals surface area contributed by atoms with E-state index < -0.39 is 11.5 Å². The molecule has 33 heavy (non-hydrogen) atoms. The monoisotopic (exact) mass is 445 g/mol.